The molecule has 24 heavy (non-hydrogen) atoms. The first-order valence-electron chi connectivity index (χ1n) is 7.56. The van der Waals surface area contributed by atoms with Crippen molar-refractivity contribution in [2.75, 3.05) is 7.11 Å². The molecule has 0 bridgehead atoms. The van der Waals surface area contributed by atoms with Crippen molar-refractivity contribution < 1.29 is 14.6 Å². The minimum Gasteiger partial charge on any atom is -0.504 e. The molecule has 1 amide bonds. The first-order valence-corrected chi connectivity index (χ1v) is 8.31. The Hall–Kier alpha value is -1.91. The van der Waals surface area contributed by atoms with E-state index >= 15 is 0 Å². The van der Waals surface area contributed by atoms with Crippen molar-refractivity contribution in [3.8, 4) is 11.5 Å². The van der Waals surface area contributed by atoms with E-state index in [0.717, 1.165) is 24.0 Å². The number of carbonyl (C=O) groups excluding carboxylic acids is 1. The van der Waals surface area contributed by atoms with Gasteiger partial charge in [0, 0.05) is 13.0 Å². The van der Waals surface area contributed by atoms with Gasteiger partial charge in [0.15, 0.2) is 11.5 Å². The Kier molecular flexibility index (Phi) is 6.76. The first-order chi connectivity index (χ1) is 11.5. The molecule has 128 valence electrons. The molecule has 0 saturated carbocycles. The lowest BCUT2D eigenvalue weighted by Gasteiger charge is -2.08. The van der Waals surface area contributed by atoms with Crippen LogP contribution < -0.4 is 10.1 Å². The van der Waals surface area contributed by atoms with Crippen LogP contribution in [0, 0.1) is 0 Å². The molecule has 0 heterocycles. The van der Waals surface area contributed by atoms with Gasteiger partial charge in [-0.3, -0.25) is 4.79 Å². The molecule has 0 unspecified atom stereocenters. The summed E-state index contributed by atoms with van der Waals surface area (Å²) in [7, 11) is 1.49. The number of aryl methyl sites for hydroxylation is 1. The van der Waals surface area contributed by atoms with Crippen LogP contribution in [0.5, 0.6) is 11.5 Å². The van der Waals surface area contributed by atoms with Crippen LogP contribution in [-0.2, 0) is 17.8 Å². The molecule has 0 atom stereocenters. The molecule has 0 fully saturated rings. The number of rotatable bonds is 7. The minimum atomic E-state index is -0.0258. The van der Waals surface area contributed by atoms with Crippen LogP contribution in [0.2, 0.25) is 10.0 Å². The van der Waals surface area contributed by atoms with Crippen LogP contribution in [0.25, 0.3) is 0 Å². The SMILES string of the molecule is COc1cc(CNC(=O)CCCc2ccc(Cl)c(Cl)c2)ccc1O. The zero-order valence-electron chi connectivity index (χ0n) is 13.3. The number of hydrogen-bond donors (Lipinski definition) is 2. The first kappa shape index (κ1) is 18.4. The monoisotopic (exact) mass is 367 g/mol. The molecule has 2 aromatic rings. The Balaban J connectivity index is 1.76. The fourth-order valence-corrected chi connectivity index (χ4v) is 2.59. The molecule has 2 N–H and O–H groups in total. The van der Waals surface area contributed by atoms with Crippen molar-refractivity contribution in [1.82, 2.24) is 5.32 Å². The van der Waals surface area contributed by atoms with Gasteiger partial charge in [0.25, 0.3) is 0 Å². The van der Waals surface area contributed by atoms with E-state index in [0.29, 0.717) is 28.8 Å². The summed E-state index contributed by atoms with van der Waals surface area (Å²) in [6.45, 7) is 0.391. The molecular weight excluding hydrogens is 349 g/mol. The summed E-state index contributed by atoms with van der Waals surface area (Å²) in [5.74, 6) is 0.442. The lowest BCUT2D eigenvalue weighted by Crippen LogP contribution is -2.22. The van der Waals surface area contributed by atoms with E-state index in [1.165, 1.54) is 7.11 Å². The van der Waals surface area contributed by atoms with Gasteiger partial charge in [-0.2, -0.15) is 0 Å². The second-order valence-corrected chi connectivity index (χ2v) is 6.20. The minimum absolute atomic E-state index is 0.0258. The van der Waals surface area contributed by atoms with E-state index in [2.05, 4.69) is 5.32 Å². The van der Waals surface area contributed by atoms with Crippen LogP contribution in [0.15, 0.2) is 36.4 Å². The molecule has 2 aromatic carbocycles. The number of nitrogens with one attached hydrogen (secondary N) is 1. The predicted octanol–water partition coefficient (Wildman–Crippen LogP) is 4.35. The third-order valence-corrected chi connectivity index (χ3v) is 4.33. The molecule has 0 spiro atoms. The van der Waals surface area contributed by atoms with Crippen LogP contribution in [0.4, 0.5) is 0 Å². The second-order valence-electron chi connectivity index (χ2n) is 5.38. The average Bonchev–Trinajstić information content (AvgIpc) is 2.57. The normalized spacial score (nSPS) is 10.5. The van der Waals surface area contributed by atoms with Gasteiger partial charge in [-0.05, 0) is 48.2 Å². The number of phenols is 1. The molecule has 0 aliphatic carbocycles. The lowest BCUT2D eigenvalue weighted by atomic mass is 10.1. The number of ether oxygens (including phenoxy) is 1. The van der Waals surface area contributed by atoms with Crippen LogP contribution in [-0.4, -0.2) is 18.1 Å². The van der Waals surface area contributed by atoms with Crippen molar-refractivity contribution in [3.05, 3.63) is 57.6 Å². The van der Waals surface area contributed by atoms with E-state index in [-0.39, 0.29) is 11.7 Å². The Morgan fingerprint density at radius 1 is 1.12 bits per heavy atom. The van der Waals surface area contributed by atoms with Gasteiger partial charge in [0.05, 0.1) is 17.2 Å². The number of hydrogen-bond acceptors (Lipinski definition) is 3. The molecule has 4 nitrogen and oxygen atoms in total. The number of carbonyl (C=O) groups is 1. The maximum absolute atomic E-state index is 11.9. The number of amides is 1. The van der Waals surface area contributed by atoms with Crippen LogP contribution in [0.3, 0.4) is 0 Å². The van der Waals surface area contributed by atoms with E-state index in [1.54, 1.807) is 24.3 Å². The van der Waals surface area contributed by atoms with Gasteiger partial charge < -0.3 is 15.2 Å². The van der Waals surface area contributed by atoms with Gasteiger partial charge in [-0.1, -0.05) is 35.3 Å². The molecule has 0 radical (unpaired) electrons. The third kappa shape index (κ3) is 5.32. The third-order valence-electron chi connectivity index (χ3n) is 3.59. The van der Waals surface area contributed by atoms with Crippen molar-refractivity contribution in [1.29, 1.82) is 0 Å². The largest absolute Gasteiger partial charge is 0.504 e. The number of aromatic hydroxyl groups is 1. The number of methoxy groups -OCH3 is 1. The average molecular weight is 368 g/mol. The fraction of sp³-hybridized carbons (Fsp3) is 0.278. The highest BCUT2D eigenvalue weighted by atomic mass is 35.5. The van der Waals surface area contributed by atoms with Gasteiger partial charge in [-0.25, -0.2) is 0 Å². The van der Waals surface area contributed by atoms with Gasteiger partial charge in [0.1, 0.15) is 0 Å². The Morgan fingerprint density at radius 3 is 2.58 bits per heavy atom. The summed E-state index contributed by atoms with van der Waals surface area (Å²) < 4.78 is 5.04. The molecule has 6 heteroatoms. The Labute approximate surface area is 151 Å². The highest BCUT2D eigenvalue weighted by Gasteiger charge is 2.06. The summed E-state index contributed by atoms with van der Waals surface area (Å²) in [6.07, 6.45) is 1.91. The van der Waals surface area contributed by atoms with Crippen molar-refractivity contribution in [2.45, 2.75) is 25.8 Å². The predicted molar refractivity (Wildman–Crippen MR) is 95.9 cm³/mol. The maximum Gasteiger partial charge on any atom is 0.220 e. The molecule has 0 aliphatic heterocycles. The van der Waals surface area contributed by atoms with Crippen LogP contribution >= 0.6 is 23.2 Å². The summed E-state index contributed by atoms with van der Waals surface area (Å²) >= 11 is 11.8. The van der Waals surface area contributed by atoms with E-state index in [4.69, 9.17) is 27.9 Å². The van der Waals surface area contributed by atoms with Crippen molar-refractivity contribution in [3.63, 3.8) is 0 Å². The maximum atomic E-state index is 11.9. The summed E-state index contributed by atoms with van der Waals surface area (Å²) in [4.78, 5) is 11.9. The standard InChI is InChI=1S/C18H19Cl2NO3/c1-24-17-10-13(6-8-16(17)22)11-21-18(23)4-2-3-12-5-7-14(19)15(20)9-12/h5-10,22H,2-4,11H2,1H3,(H,21,23). The fourth-order valence-electron chi connectivity index (χ4n) is 2.27. The summed E-state index contributed by atoms with van der Waals surface area (Å²) in [6, 6.07) is 10.5. The highest BCUT2D eigenvalue weighted by Crippen LogP contribution is 2.26. The smallest absolute Gasteiger partial charge is 0.220 e. The molecule has 2 rings (SSSR count). The Bertz CT molecular complexity index is 719. The Morgan fingerprint density at radius 2 is 1.88 bits per heavy atom. The lowest BCUT2D eigenvalue weighted by molar-refractivity contribution is -0.121. The number of benzene rings is 2. The highest BCUT2D eigenvalue weighted by molar-refractivity contribution is 6.42. The quantitative estimate of drug-likeness (QED) is 0.764. The van der Waals surface area contributed by atoms with E-state index < -0.39 is 0 Å². The second kappa shape index (κ2) is 8.81. The van der Waals surface area contributed by atoms with Crippen molar-refractivity contribution in [2.24, 2.45) is 0 Å². The van der Waals surface area contributed by atoms with E-state index in [1.807, 2.05) is 12.1 Å². The molecule has 0 saturated heterocycles. The van der Waals surface area contributed by atoms with Crippen LogP contribution in [0.1, 0.15) is 24.0 Å². The molecule has 0 aliphatic rings. The topological polar surface area (TPSA) is 58.6 Å². The van der Waals surface area contributed by atoms with E-state index in [9.17, 15) is 9.90 Å². The van der Waals surface area contributed by atoms with Gasteiger partial charge in [-0.15, -0.1) is 0 Å². The zero-order chi connectivity index (χ0) is 17.5. The zero-order valence-corrected chi connectivity index (χ0v) is 14.8. The van der Waals surface area contributed by atoms with Crippen molar-refractivity contribution >= 4 is 29.1 Å². The van der Waals surface area contributed by atoms with Gasteiger partial charge >= 0.3 is 0 Å². The summed E-state index contributed by atoms with van der Waals surface area (Å²) in [5, 5.41) is 13.5. The number of phenolic OH excluding ortho intramolecular Hbond substituents is 1. The van der Waals surface area contributed by atoms with Gasteiger partial charge in [0.2, 0.25) is 5.91 Å². The summed E-state index contributed by atoms with van der Waals surface area (Å²) in [5.41, 5.74) is 1.92. The molecular formula is C18H19Cl2NO3. The number of halogens is 2. The molecule has 0 aromatic heterocycles.